The maximum absolute atomic E-state index is 10.2. The first-order chi connectivity index (χ1) is 8.22. The smallest absolute Gasteiger partial charge is 0.238 e. The van der Waals surface area contributed by atoms with Crippen molar-refractivity contribution in [3.63, 3.8) is 0 Å². The van der Waals surface area contributed by atoms with Gasteiger partial charge in [0, 0.05) is 29.8 Å². The van der Waals surface area contributed by atoms with Gasteiger partial charge in [0.05, 0.1) is 7.11 Å². The topological polar surface area (TPSA) is 68.1 Å². The van der Waals surface area contributed by atoms with Crippen molar-refractivity contribution in [1.29, 1.82) is 0 Å². The van der Waals surface area contributed by atoms with Gasteiger partial charge >= 0.3 is 0 Å². The number of rotatable bonds is 3. The van der Waals surface area contributed by atoms with Gasteiger partial charge in [0.2, 0.25) is 5.88 Å². The van der Waals surface area contributed by atoms with Crippen LogP contribution in [0.4, 0.5) is 0 Å². The minimum atomic E-state index is -0.883. The zero-order chi connectivity index (χ0) is 12.3. The van der Waals surface area contributed by atoms with E-state index in [-0.39, 0.29) is 0 Å². The third-order valence-corrected chi connectivity index (χ3v) is 2.39. The predicted octanol–water partition coefficient (Wildman–Crippen LogP) is 1.27. The second kappa shape index (κ2) is 4.88. The lowest BCUT2D eigenvalue weighted by Gasteiger charge is -2.12. The molecular weight excluding hydrogens is 218 g/mol. The molecule has 0 radical (unpaired) electrons. The van der Waals surface area contributed by atoms with Crippen LogP contribution < -0.4 is 4.74 Å². The Morgan fingerprint density at radius 2 is 1.94 bits per heavy atom. The van der Waals surface area contributed by atoms with Crippen molar-refractivity contribution in [2.45, 2.75) is 13.0 Å². The van der Waals surface area contributed by atoms with Gasteiger partial charge in [0.1, 0.15) is 11.8 Å². The third-order valence-electron chi connectivity index (χ3n) is 2.39. The van der Waals surface area contributed by atoms with Gasteiger partial charge in [-0.05, 0) is 13.0 Å². The van der Waals surface area contributed by atoms with E-state index in [1.807, 2.05) is 13.0 Å². The lowest BCUT2D eigenvalue weighted by Crippen LogP contribution is -2.06. The van der Waals surface area contributed by atoms with Crippen LogP contribution in [-0.4, -0.2) is 27.2 Å². The average molecular weight is 231 g/mol. The van der Waals surface area contributed by atoms with E-state index >= 15 is 0 Å². The first kappa shape index (κ1) is 11.5. The van der Waals surface area contributed by atoms with Crippen LogP contribution in [0.1, 0.15) is 23.1 Å². The van der Waals surface area contributed by atoms with Crippen molar-refractivity contribution < 1.29 is 9.84 Å². The highest BCUT2D eigenvalue weighted by atomic mass is 16.5. The molecule has 1 N–H and O–H groups in total. The summed E-state index contributed by atoms with van der Waals surface area (Å²) in [6, 6.07) is 3.64. The average Bonchev–Trinajstić information content (AvgIpc) is 2.39. The number of aliphatic hydroxyl groups is 1. The second-order valence-corrected chi connectivity index (χ2v) is 3.59. The molecule has 0 aliphatic carbocycles. The molecule has 5 nitrogen and oxygen atoms in total. The summed E-state index contributed by atoms with van der Waals surface area (Å²) in [5.74, 6) is 0.320. The molecule has 0 saturated carbocycles. The molecule has 0 aliphatic heterocycles. The van der Waals surface area contributed by atoms with Gasteiger partial charge in [-0.15, -0.1) is 0 Å². The number of hydrogen-bond donors (Lipinski definition) is 1. The molecule has 0 fully saturated rings. The van der Waals surface area contributed by atoms with Gasteiger partial charge in [0.15, 0.2) is 0 Å². The Balaban J connectivity index is 2.36. The fraction of sp³-hybridized carbons (Fsp3) is 0.250. The van der Waals surface area contributed by atoms with Gasteiger partial charge < -0.3 is 9.84 Å². The summed E-state index contributed by atoms with van der Waals surface area (Å²) in [5, 5.41) is 10.2. The normalized spacial score (nSPS) is 12.2. The molecule has 1 unspecified atom stereocenters. The van der Waals surface area contributed by atoms with Crippen LogP contribution in [0.25, 0.3) is 0 Å². The van der Waals surface area contributed by atoms with E-state index in [9.17, 15) is 5.11 Å². The molecule has 5 heteroatoms. The Kier molecular flexibility index (Phi) is 3.30. The molecule has 2 rings (SSSR count). The minimum Gasteiger partial charge on any atom is -0.480 e. The van der Waals surface area contributed by atoms with Gasteiger partial charge in [-0.25, -0.2) is 4.98 Å². The quantitative estimate of drug-likeness (QED) is 0.861. The van der Waals surface area contributed by atoms with Crippen molar-refractivity contribution in [3.05, 3.63) is 47.7 Å². The van der Waals surface area contributed by atoms with Crippen LogP contribution in [0.2, 0.25) is 0 Å². The van der Waals surface area contributed by atoms with Crippen LogP contribution in [0.15, 0.2) is 30.7 Å². The fourth-order valence-corrected chi connectivity index (χ4v) is 1.48. The zero-order valence-corrected chi connectivity index (χ0v) is 9.66. The van der Waals surface area contributed by atoms with Crippen molar-refractivity contribution in [2.75, 3.05) is 7.11 Å². The Labute approximate surface area is 99.2 Å². The molecule has 0 aliphatic rings. The molecule has 0 amide bonds. The minimum absolute atomic E-state index is 0.320. The molecule has 0 spiro atoms. The zero-order valence-electron chi connectivity index (χ0n) is 9.66. The van der Waals surface area contributed by atoms with E-state index in [1.165, 1.54) is 19.5 Å². The largest absolute Gasteiger partial charge is 0.480 e. The highest BCUT2D eigenvalue weighted by molar-refractivity contribution is 5.29. The maximum Gasteiger partial charge on any atom is 0.238 e. The molecule has 2 aromatic rings. The lowest BCUT2D eigenvalue weighted by atomic mass is 10.1. The van der Waals surface area contributed by atoms with E-state index in [2.05, 4.69) is 15.0 Å². The molecular formula is C12H13N3O2. The molecule has 0 aromatic carbocycles. The van der Waals surface area contributed by atoms with E-state index in [4.69, 9.17) is 4.74 Å². The summed E-state index contributed by atoms with van der Waals surface area (Å²) < 4.78 is 5.06. The van der Waals surface area contributed by atoms with Gasteiger partial charge in [-0.3, -0.25) is 9.97 Å². The number of ether oxygens (including phenoxy) is 1. The van der Waals surface area contributed by atoms with E-state index in [0.717, 1.165) is 5.69 Å². The van der Waals surface area contributed by atoms with Crippen LogP contribution >= 0.6 is 0 Å². The van der Waals surface area contributed by atoms with Crippen molar-refractivity contribution in [3.8, 4) is 5.88 Å². The van der Waals surface area contributed by atoms with E-state index in [1.54, 1.807) is 12.3 Å². The number of aliphatic hydroxyl groups excluding tert-OH is 1. The summed E-state index contributed by atoms with van der Waals surface area (Å²) in [4.78, 5) is 12.2. The van der Waals surface area contributed by atoms with Crippen LogP contribution in [0.3, 0.4) is 0 Å². The summed E-state index contributed by atoms with van der Waals surface area (Å²) >= 11 is 0. The van der Waals surface area contributed by atoms with Gasteiger partial charge in [0.25, 0.3) is 0 Å². The number of pyridine rings is 1. The Hall–Kier alpha value is -2.01. The molecule has 1 atom stereocenters. The van der Waals surface area contributed by atoms with Crippen molar-refractivity contribution >= 4 is 0 Å². The summed E-state index contributed by atoms with van der Waals surface area (Å²) in [5.41, 5.74) is 1.95. The van der Waals surface area contributed by atoms with E-state index < -0.39 is 6.10 Å². The predicted molar refractivity (Wildman–Crippen MR) is 61.6 cm³/mol. The number of hydrogen-bond acceptors (Lipinski definition) is 5. The Bertz CT molecular complexity index is 499. The summed E-state index contributed by atoms with van der Waals surface area (Å²) in [6.45, 7) is 1.89. The lowest BCUT2D eigenvalue weighted by molar-refractivity contribution is 0.207. The van der Waals surface area contributed by atoms with Crippen molar-refractivity contribution in [2.24, 2.45) is 0 Å². The molecule has 0 saturated heterocycles. The molecule has 17 heavy (non-hydrogen) atoms. The first-order valence-corrected chi connectivity index (χ1v) is 5.18. The number of methoxy groups -OCH3 is 1. The number of aryl methyl sites for hydroxylation is 1. The Morgan fingerprint density at radius 1 is 1.18 bits per heavy atom. The van der Waals surface area contributed by atoms with Crippen LogP contribution in [0.5, 0.6) is 5.88 Å². The molecule has 2 heterocycles. The monoisotopic (exact) mass is 231 g/mol. The summed E-state index contributed by atoms with van der Waals surface area (Å²) in [7, 11) is 1.49. The highest BCUT2D eigenvalue weighted by Crippen LogP contribution is 2.25. The van der Waals surface area contributed by atoms with Gasteiger partial charge in [-0.2, -0.15) is 0 Å². The molecule has 0 bridgehead atoms. The standard InChI is InChI=1S/C12H13N3O2/c1-8-3-4-9(7-15-8)11(16)10-12(17-2)14-6-5-13-10/h3-7,11,16H,1-2H3. The second-order valence-electron chi connectivity index (χ2n) is 3.59. The number of aromatic nitrogens is 3. The number of nitrogens with zero attached hydrogens (tertiary/aromatic N) is 3. The SMILES string of the molecule is COc1nccnc1C(O)c1ccc(C)nc1. The maximum atomic E-state index is 10.2. The van der Waals surface area contributed by atoms with E-state index in [0.29, 0.717) is 17.1 Å². The highest BCUT2D eigenvalue weighted by Gasteiger charge is 2.17. The molecule has 2 aromatic heterocycles. The van der Waals surface area contributed by atoms with Gasteiger partial charge in [-0.1, -0.05) is 6.07 Å². The Morgan fingerprint density at radius 3 is 2.59 bits per heavy atom. The third kappa shape index (κ3) is 2.39. The fourth-order valence-electron chi connectivity index (χ4n) is 1.48. The summed E-state index contributed by atoms with van der Waals surface area (Å²) in [6.07, 6.45) is 3.77. The van der Waals surface area contributed by atoms with Crippen molar-refractivity contribution in [1.82, 2.24) is 15.0 Å². The molecule has 88 valence electrons. The van der Waals surface area contributed by atoms with Crippen LogP contribution in [-0.2, 0) is 0 Å². The first-order valence-electron chi connectivity index (χ1n) is 5.18. The van der Waals surface area contributed by atoms with Crippen LogP contribution in [0, 0.1) is 6.92 Å².